The summed E-state index contributed by atoms with van der Waals surface area (Å²) in [4.78, 5) is 32.1. The van der Waals surface area contributed by atoms with Crippen LogP contribution < -0.4 is 0 Å². The molecule has 0 spiro atoms. The lowest BCUT2D eigenvalue weighted by Crippen LogP contribution is -2.58. The summed E-state index contributed by atoms with van der Waals surface area (Å²) in [7, 11) is 1.85. The summed E-state index contributed by atoms with van der Waals surface area (Å²) in [6, 6.07) is 5.51. The quantitative estimate of drug-likeness (QED) is 0.849. The Morgan fingerprint density at radius 2 is 2.08 bits per heavy atom. The third-order valence-electron chi connectivity index (χ3n) is 4.29. The summed E-state index contributed by atoms with van der Waals surface area (Å²) >= 11 is 0. The summed E-state index contributed by atoms with van der Waals surface area (Å²) in [6.45, 7) is 2.29. The van der Waals surface area contributed by atoms with Crippen molar-refractivity contribution in [3.63, 3.8) is 0 Å². The van der Waals surface area contributed by atoms with Crippen LogP contribution in [0.3, 0.4) is 0 Å². The monoisotopic (exact) mass is 330 g/mol. The number of aromatic nitrogens is 2. The highest BCUT2D eigenvalue weighted by Gasteiger charge is 2.36. The molecule has 1 fully saturated rings. The SMILES string of the molecule is C[C@H]1C(=O)N(Cc2cccc(F)c2)CC(=O)N1Cc1cncn1C. The van der Waals surface area contributed by atoms with Gasteiger partial charge in [-0.1, -0.05) is 12.1 Å². The Morgan fingerprint density at radius 3 is 2.75 bits per heavy atom. The summed E-state index contributed by atoms with van der Waals surface area (Å²) < 4.78 is 15.1. The minimum atomic E-state index is -0.560. The second-order valence-corrected chi connectivity index (χ2v) is 6.02. The van der Waals surface area contributed by atoms with Crippen LogP contribution in [-0.2, 0) is 29.7 Å². The van der Waals surface area contributed by atoms with Gasteiger partial charge in [0.2, 0.25) is 11.8 Å². The molecule has 126 valence electrons. The molecule has 7 heteroatoms. The molecule has 1 aliphatic rings. The molecular formula is C17H19FN4O2. The van der Waals surface area contributed by atoms with Crippen LogP contribution in [0.4, 0.5) is 4.39 Å². The summed E-state index contributed by atoms with van der Waals surface area (Å²) in [5.41, 5.74) is 1.53. The molecule has 0 radical (unpaired) electrons. The predicted octanol–water partition coefficient (Wildman–Crippen LogP) is 1.32. The van der Waals surface area contributed by atoms with Gasteiger partial charge in [0.15, 0.2) is 0 Å². The second-order valence-electron chi connectivity index (χ2n) is 6.02. The van der Waals surface area contributed by atoms with E-state index in [9.17, 15) is 14.0 Å². The fraction of sp³-hybridized carbons (Fsp3) is 0.353. The van der Waals surface area contributed by atoms with Crippen molar-refractivity contribution >= 4 is 11.8 Å². The molecule has 1 aliphatic heterocycles. The molecular weight excluding hydrogens is 311 g/mol. The number of rotatable bonds is 4. The molecule has 6 nitrogen and oxygen atoms in total. The standard InChI is InChI=1S/C17H19FN4O2/c1-12-17(24)21(8-13-4-3-5-14(18)6-13)10-16(23)22(12)9-15-7-19-11-20(15)2/h3-7,11-12H,8-10H2,1-2H3/t12-/m0/s1. The molecule has 0 N–H and O–H groups in total. The number of hydrogen-bond acceptors (Lipinski definition) is 3. The van der Waals surface area contributed by atoms with E-state index in [-0.39, 0.29) is 30.7 Å². The average molecular weight is 330 g/mol. The highest BCUT2D eigenvalue weighted by molar-refractivity contribution is 5.94. The molecule has 0 saturated carbocycles. The smallest absolute Gasteiger partial charge is 0.245 e. The van der Waals surface area contributed by atoms with Crippen molar-refractivity contribution in [2.45, 2.75) is 26.1 Å². The zero-order valence-corrected chi connectivity index (χ0v) is 13.6. The summed E-state index contributed by atoms with van der Waals surface area (Å²) in [5.74, 6) is -0.616. The Hall–Kier alpha value is -2.70. The fourth-order valence-electron chi connectivity index (χ4n) is 2.87. The van der Waals surface area contributed by atoms with E-state index >= 15 is 0 Å². The van der Waals surface area contributed by atoms with Gasteiger partial charge in [-0.3, -0.25) is 9.59 Å². The Balaban J connectivity index is 1.73. The first-order valence-electron chi connectivity index (χ1n) is 7.73. The number of carbonyl (C=O) groups is 2. The van der Waals surface area contributed by atoms with E-state index < -0.39 is 6.04 Å². The Morgan fingerprint density at radius 1 is 1.29 bits per heavy atom. The van der Waals surface area contributed by atoms with Crippen molar-refractivity contribution in [2.24, 2.45) is 7.05 Å². The minimum Gasteiger partial charge on any atom is -0.336 e. The first-order chi connectivity index (χ1) is 11.5. The molecule has 1 atom stereocenters. The lowest BCUT2D eigenvalue weighted by Gasteiger charge is -2.38. The normalized spacial score (nSPS) is 18.4. The van der Waals surface area contributed by atoms with Crippen molar-refractivity contribution in [1.29, 1.82) is 0 Å². The van der Waals surface area contributed by atoms with Crippen molar-refractivity contribution in [3.05, 3.63) is 53.9 Å². The number of aryl methyl sites for hydroxylation is 1. The van der Waals surface area contributed by atoms with Gasteiger partial charge in [-0.25, -0.2) is 9.37 Å². The van der Waals surface area contributed by atoms with E-state index in [1.165, 1.54) is 17.0 Å². The molecule has 1 aromatic heterocycles. The van der Waals surface area contributed by atoms with E-state index in [2.05, 4.69) is 4.98 Å². The predicted molar refractivity (Wildman–Crippen MR) is 85.0 cm³/mol. The van der Waals surface area contributed by atoms with Crippen molar-refractivity contribution < 1.29 is 14.0 Å². The van der Waals surface area contributed by atoms with Crippen molar-refractivity contribution in [2.75, 3.05) is 6.54 Å². The number of nitrogens with zero attached hydrogens (tertiary/aromatic N) is 4. The minimum absolute atomic E-state index is 0.00244. The van der Waals surface area contributed by atoms with Crippen LogP contribution >= 0.6 is 0 Å². The van der Waals surface area contributed by atoms with Gasteiger partial charge in [0, 0.05) is 19.8 Å². The van der Waals surface area contributed by atoms with Crippen LogP contribution in [0.15, 0.2) is 36.8 Å². The lowest BCUT2D eigenvalue weighted by molar-refractivity contribution is -0.156. The molecule has 3 rings (SSSR count). The van der Waals surface area contributed by atoms with Gasteiger partial charge in [0.1, 0.15) is 18.4 Å². The van der Waals surface area contributed by atoms with Gasteiger partial charge in [0.25, 0.3) is 0 Å². The average Bonchev–Trinajstić information content (AvgIpc) is 2.94. The number of imidazole rings is 1. The van der Waals surface area contributed by atoms with E-state index in [1.54, 1.807) is 36.5 Å². The highest BCUT2D eigenvalue weighted by atomic mass is 19.1. The zero-order chi connectivity index (χ0) is 17.3. The van der Waals surface area contributed by atoms with Crippen LogP contribution in [0, 0.1) is 5.82 Å². The van der Waals surface area contributed by atoms with Gasteiger partial charge in [0.05, 0.1) is 18.6 Å². The lowest BCUT2D eigenvalue weighted by atomic mass is 10.1. The van der Waals surface area contributed by atoms with Crippen LogP contribution in [0.2, 0.25) is 0 Å². The first kappa shape index (κ1) is 16.2. The van der Waals surface area contributed by atoms with Gasteiger partial charge < -0.3 is 14.4 Å². The third-order valence-corrected chi connectivity index (χ3v) is 4.29. The maximum absolute atomic E-state index is 13.3. The Labute approximate surface area is 139 Å². The van der Waals surface area contributed by atoms with Crippen molar-refractivity contribution in [1.82, 2.24) is 19.4 Å². The molecule has 0 bridgehead atoms. The third kappa shape index (κ3) is 3.15. The van der Waals surface area contributed by atoms with Crippen molar-refractivity contribution in [3.8, 4) is 0 Å². The summed E-state index contributed by atoms with van der Waals surface area (Å²) in [5, 5.41) is 0. The number of benzene rings is 1. The van der Waals surface area contributed by atoms with Gasteiger partial charge >= 0.3 is 0 Å². The van der Waals surface area contributed by atoms with E-state index in [4.69, 9.17) is 0 Å². The number of carbonyl (C=O) groups excluding carboxylic acids is 2. The fourth-order valence-corrected chi connectivity index (χ4v) is 2.87. The van der Waals surface area contributed by atoms with Gasteiger partial charge in [-0.15, -0.1) is 0 Å². The van der Waals surface area contributed by atoms with E-state index in [0.717, 1.165) is 5.69 Å². The zero-order valence-electron chi connectivity index (χ0n) is 13.6. The maximum atomic E-state index is 13.3. The van der Waals surface area contributed by atoms with Gasteiger partial charge in [-0.05, 0) is 24.6 Å². The van der Waals surface area contributed by atoms with E-state index in [1.807, 2.05) is 11.6 Å². The molecule has 1 aromatic carbocycles. The molecule has 24 heavy (non-hydrogen) atoms. The Bertz CT molecular complexity index is 773. The van der Waals surface area contributed by atoms with Crippen LogP contribution in [0.1, 0.15) is 18.2 Å². The molecule has 0 aliphatic carbocycles. The molecule has 2 aromatic rings. The van der Waals surface area contributed by atoms with Crippen LogP contribution in [-0.4, -0.2) is 43.8 Å². The number of halogens is 1. The van der Waals surface area contributed by atoms with E-state index in [0.29, 0.717) is 12.1 Å². The number of amides is 2. The first-order valence-corrected chi connectivity index (χ1v) is 7.73. The molecule has 0 unspecified atom stereocenters. The molecule has 1 saturated heterocycles. The van der Waals surface area contributed by atoms with Crippen LogP contribution in [0.25, 0.3) is 0 Å². The largest absolute Gasteiger partial charge is 0.336 e. The van der Waals surface area contributed by atoms with Gasteiger partial charge in [-0.2, -0.15) is 0 Å². The topological polar surface area (TPSA) is 58.4 Å². The summed E-state index contributed by atoms with van der Waals surface area (Å²) in [6.07, 6.45) is 3.34. The molecule has 2 amide bonds. The number of piperazine rings is 1. The maximum Gasteiger partial charge on any atom is 0.245 e. The Kier molecular flexibility index (Phi) is 4.33. The number of hydrogen-bond donors (Lipinski definition) is 0. The second kappa shape index (κ2) is 6.43. The molecule has 2 heterocycles. The van der Waals surface area contributed by atoms with Crippen LogP contribution in [0.5, 0.6) is 0 Å². The highest BCUT2D eigenvalue weighted by Crippen LogP contribution is 2.18.